The number of rotatable bonds is 0. The van der Waals surface area contributed by atoms with Crippen molar-refractivity contribution in [3.8, 4) is 22.8 Å². The summed E-state index contributed by atoms with van der Waals surface area (Å²) >= 11 is 1.70. The highest BCUT2D eigenvalue weighted by Crippen LogP contribution is 2.51. The van der Waals surface area contributed by atoms with E-state index in [1.165, 1.54) is 32.5 Å². The van der Waals surface area contributed by atoms with Crippen LogP contribution in [0.1, 0.15) is 10.4 Å². The number of nitrogens with zero attached hydrogens (tertiary/aromatic N) is 2. The van der Waals surface area contributed by atoms with Crippen molar-refractivity contribution < 1.29 is 9.30 Å². The van der Waals surface area contributed by atoms with Crippen molar-refractivity contribution in [2.75, 3.05) is 0 Å². The van der Waals surface area contributed by atoms with Gasteiger partial charge in [0.1, 0.15) is 11.1 Å². The number of aryl methyl sites for hydroxylation is 3. The summed E-state index contributed by atoms with van der Waals surface area (Å²) in [6.07, 6.45) is 1.90. The van der Waals surface area contributed by atoms with Crippen LogP contribution in [0.2, 0.25) is 0 Å². The third-order valence-electron chi connectivity index (χ3n) is 4.67. The molecule has 0 bridgehead atoms. The molecule has 4 heteroatoms. The monoisotopic (exact) mass is 319 g/mol. The van der Waals surface area contributed by atoms with Gasteiger partial charge in [0.2, 0.25) is 4.83 Å². The number of hydrogen-bond acceptors (Lipinski definition) is 3. The van der Waals surface area contributed by atoms with Gasteiger partial charge in [0, 0.05) is 4.88 Å². The van der Waals surface area contributed by atoms with Crippen LogP contribution in [-0.2, 0) is 7.05 Å². The standard InChI is InChI=1S/C19H15N2OS/c1-10-13-7-5-4-6-12(13)8-14-15(10)17-16-18(22-14)11(2)23-19(16)20-9-21(17)3/h4-9H,1-3H3/q+1. The highest BCUT2D eigenvalue weighted by Gasteiger charge is 2.32. The molecule has 2 aromatic heterocycles. The molecule has 3 nitrogen and oxygen atoms in total. The van der Waals surface area contributed by atoms with Crippen molar-refractivity contribution in [3.05, 3.63) is 47.1 Å². The molecule has 0 saturated carbocycles. The highest BCUT2D eigenvalue weighted by molar-refractivity contribution is 7.19. The number of hydrogen-bond donors (Lipinski definition) is 0. The van der Waals surface area contributed by atoms with Crippen molar-refractivity contribution in [2.24, 2.45) is 7.05 Å². The van der Waals surface area contributed by atoms with Crippen molar-refractivity contribution in [1.82, 2.24) is 4.98 Å². The van der Waals surface area contributed by atoms with Gasteiger partial charge in [-0.25, -0.2) is 4.57 Å². The molecule has 5 rings (SSSR count). The highest BCUT2D eigenvalue weighted by atomic mass is 32.1. The van der Waals surface area contributed by atoms with E-state index in [9.17, 15) is 0 Å². The second-order valence-electron chi connectivity index (χ2n) is 6.07. The first-order valence-corrected chi connectivity index (χ1v) is 8.45. The van der Waals surface area contributed by atoms with Gasteiger partial charge in [-0.1, -0.05) is 35.6 Å². The van der Waals surface area contributed by atoms with Gasteiger partial charge >= 0.3 is 0 Å². The van der Waals surface area contributed by atoms with Crippen LogP contribution < -0.4 is 9.30 Å². The van der Waals surface area contributed by atoms with Gasteiger partial charge < -0.3 is 4.74 Å². The smallest absolute Gasteiger partial charge is 0.288 e. The first kappa shape index (κ1) is 13.0. The van der Waals surface area contributed by atoms with Gasteiger partial charge in [-0.3, -0.25) is 0 Å². The Morgan fingerprint density at radius 1 is 1.17 bits per heavy atom. The molecule has 3 heterocycles. The predicted octanol–water partition coefficient (Wildman–Crippen LogP) is 4.66. The van der Waals surface area contributed by atoms with Gasteiger partial charge in [0.05, 0.1) is 12.6 Å². The summed E-state index contributed by atoms with van der Waals surface area (Å²) in [4.78, 5) is 6.79. The molecule has 0 unspecified atom stereocenters. The zero-order chi connectivity index (χ0) is 15.7. The van der Waals surface area contributed by atoms with Crippen molar-refractivity contribution in [1.29, 1.82) is 0 Å². The van der Waals surface area contributed by atoms with Gasteiger partial charge in [-0.15, -0.1) is 0 Å². The first-order chi connectivity index (χ1) is 11.1. The largest absolute Gasteiger partial charge is 0.454 e. The minimum atomic E-state index is 0.943. The Balaban J connectivity index is 2.02. The fourth-order valence-electron chi connectivity index (χ4n) is 3.59. The molecule has 4 aromatic rings. The van der Waals surface area contributed by atoms with Crippen molar-refractivity contribution in [3.63, 3.8) is 0 Å². The average Bonchev–Trinajstić information content (AvgIpc) is 2.87. The minimum Gasteiger partial charge on any atom is -0.454 e. The molecule has 0 atom stereocenters. The van der Waals surface area contributed by atoms with Crippen LogP contribution in [0.3, 0.4) is 0 Å². The molecule has 0 fully saturated rings. The Kier molecular flexibility index (Phi) is 2.43. The maximum absolute atomic E-state index is 6.32. The van der Waals surface area contributed by atoms with Crippen LogP contribution in [0, 0.1) is 13.8 Å². The zero-order valence-corrected chi connectivity index (χ0v) is 14.0. The number of aromatic nitrogens is 2. The van der Waals surface area contributed by atoms with Gasteiger partial charge in [-0.05, 0) is 41.2 Å². The average molecular weight is 319 g/mol. The zero-order valence-electron chi connectivity index (χ0n) is 13.2. The van der Waals surface area contributed by atoms with E-state index in [0.717, 1.165) is 21.7 Å². The molecule has 0 radical (unpaired) electrons. The molecule has 0 aliphatic carbocycles. The van der Waals surface area contributed by atoms with Crippen LogP contribution >= 0.6 is 11.3 Å². The van der Waals surface area contributed by atoms with E-state index in [1.807, 2.05) is 6.33 Å². The molecular formula is C19H15N2OS+. The molecule has 0 amide bonds. The summed E-state index contributed by atoms with van der Waals surface area (Å²) < 4.78 is 8.43. The lowest BCUT2D eigenvalue weighted by Gasteiger charge is -2.20. The van der Waals surface area contributed by atoms with Gasteiger partial charge in [0.15, 0.2) is 11.4 Å². The topological polar surface area (TPSA) is 26.0 Å². The van der Waals surface area contributed by atoms with E-state index in [0.29, 0.717) is 0 Å². The van der Waals surface area contributed by atoms with Crippen LogP contribution in [0.25, 0.3) is 32.2 Å². The predicted molar refractivity (Wildman–Crippen MR) is 93.3 cm³/mol. The number of ether oxygens (including phenoxy) is 1. The molecule has 0 spiro atoms. The maximum Gasteiger partial charge on any atom is 0.288 e. The summed E-state index contributed by atoms with van der Waals surface area (Å²) in [5.74, 6) is 1.91. The molecular weight excluding hydrogens is 304 g/mol. The molecule has 1 aliphatic heterocycles. The molecule has 0 N–H and O–H groups in total. The van der Waals surface area contributed by atoms with Crippen LogP contribution in [0.15, 0.2) is 36.7 Å². The Labute approximate surface area is 137 Å². The van der Waals surface area contributed by atoms with E-state index in [-0.39, 0.29) is 0 Å². The summed E-state index contributed by atoms with van der Waals surface area (Å²) in [5, 5.41) is 3.63. The lowest BCUT2D eigenvalue weighted by molar-refractivity contribution is -0.662. The number of benzene rings is 2. The Morgan fingerprint density at radius 2 is 2.00 bits per heavy atom. The third kappa shape index (κ3) is 1.59. The summed E-state index contributed by atoms with van der Waals surface area (Å²) in [7, 11) is 2.06. The fourth-order valence-corrected chi connectivity index (χ4v) is 4.51. The summed E-state index contributed by atoms with van der Waals surface area (Å²) in [5.41, 5.74) is 3.65. The maximum atomic E-state index is 6.32. The SMILES string of the molecule is Cc1sc2nc[n+](C)c3c2c1Oc1cc2ccccc2c(C)c1-3. The molecule has 23 heavy (non-hydrogen) atoms. The number of thiophene rings is 1. The molecule has 2 aromatic carbocycles. The van der Waals surface area contributed by atoms with E-state index >= 15 is 0 Å². The Morgan fingerprint density at radius 3 is 2.87 bits per heavy atom. The summed E-state index contributed by atoms with van der Waals surface area (Å²) in [6, 6.07) is 10.6. The van der Waals surface area contributed by atoms with Gasteiger partial charge in [0.25, 0.3) is 6.33 Å². The second kappa shape index (κ2) is 4.30. The first-order valence-electron chi connectivity index (χ1n) is 7.63. The van der Waals surface area contributed by atoms with Crippen LogP contribution in [0.4, 0.5) is 0 Å². The molecule has 112 valence electrons. The Hall–Kier alpha value is -2.46. The second-order valence-corrected chi connectivity index (χ2v) is 7.27. The fraction of sp³-hybridized carbons (Fsp3) is 0.158. The number of fused-ring (bicyclic) bond motifs is 3. The third-order valence-corrected chi connectivity index (χ3v) is 5.66. The van der Waals surface area contributed by atoms with E-state index in [2.05, 4.69) is 60.8 Å². The lowest BCUT2D eigenvalue weighted by Crippen LogP contribution is -2.32. The Bertz CT molecular complexity index is 1130. The molecule has 0 saturated heterocycles. The van der Waals surface area contributed by atoms with Crippen LogP contribution in [-0.4, -0.2) is 4.98 Å². The summed E-state index contributed by atoms with van der Waals surface area (Å²) in [6.45, 7) is 4.28. The minimum absolute atomic E-state index is 0.943. The van der Waals surface area contributed by atoms with E-state index in [4.69, 9.17) is 4.74 Å². The molecule has 1 aliphatic rings. The lowest BCUT2D eigenvalue weighted by atomic mass is 9.94. The quantitative estimate of drug-likeness (QED) is 0.388. The van der Waals surface area contributed by atoms with Crippen molar-refractivity contribution in [2.45, 2.75) is 13.8 Å². The van der Waals surface area contributed by atoms with Crippen molar-refractivity contribution >= 4 is 32.3 Å². The van der Waals surface area contributed by atoms with E-state index in [1.54, 1.807) is 11.3 Å². The van der Waals surface area contributed by atoms with Crippen LogP contribution in [0.5, 0.6) is 11.5 Å². The van der Waals surface area contributed by atoms with E-state index < -0.39 is 0 Å². The van der Waals surface area contributed by atoms with Gasteiger partial charge in [-0.2, -0.15) is 0 Å². The normalized spacial score (nSPS) is 12.5.